The van der Waals surface area contributed by atoms with Crippen molar-refractivity contribution in [3.8, 4) is 5.75 Å². The first-order valence-electron chi connectivity index (χ1n) is 6.92. The SMILES string of the molecule is CCCOc1cccc(C(=O)CCc2cnn(C)c2)c1. The van der Waals surface area contributed by atoms with Gasteiger partial charge >= 0.3 is 0 Å². The molecule has 0 saturated carbocycles. The Hall–Kier alpha value is -2.10. The maximum Gasteiger partial charge on any atom is 0.163 e. The van der Waals surface area contributed by atoms with Gasteiger partial charge in [0.15, 0.2) is 5.78 Å². The summed E-state index contributed by atoms with van der Waals surface area (Å²) in [7, 11) is 1.87. The number of hydrogen-bond acceptors (Lipinski definition) is 3. The van der Waals surface area contributed by atoms with Gasteiger partial charge in [-0.25, -0.2) is 0 Å². The molecule has 1 heterocycles. The van der Waals surface area contributed by atoms with Crippen molar-refractivity contribution in [2.24, 2.45) is 7.05 Å². The standard InChI is InChI=1S/C16H20N2O2/c1-3-9-20-15-6-4-5-14(10-15)16(19)8-7-13-11-17-18(2)12-13/h4-6,10-12H,3,7-9H2,1-2H3. The van der Waals surface area contributed by atoms with Crippen molar-refractivity contribution in [1.82, 2.24) is 9.78 Å². The number of benzene rings is 1. The summed E-state index contributed by atoms with van der Waals surface area (Å²) in [5, 5.41) is 4.10. The molecule has 0 radical (unpaired) electrons. The van der Waals surface area contributed by atoms with Gasteiger partial charge < -0.3 is 4.74 Å². The number of nitrogens with zero attached hydrogens (tertiary/aromatic N) is 2. The lowest BCUT2D eigenvalue weighted by Crippen LogP contribution is -2.02. The second-order valence-corrected chi connectivity index (χ2v) is 4.82. The molecule has 0 aliphatic carbocycles. The molecular formula is C16H20N2O2. The number of aromatic nitrogens is 2. The summed E-state index contributed by atoms with van der Waals surface area (Å²) in [6.07, 6.45) is 5.90. The molecule has 4 nitrogen and oxygen atoms in total. The second-order valence-electron chi connectivity index (χ2n) is 4.82. The molecule has 0 saturated heterocycles. The Balaban J connectivity index is 1.94. The lowest BCUT2D eigenvalue weighted by molar-refractivity contribution is 0.0982. The van der Waals surface area contributed by atoms with Crippen LogP contribution in [0, 0.1) is 0 Å². The van der Waals surface area contributed by atoms with Gasteiger partial charge in [-0.05, 0) is 30.5 Å². The number of carbonyl (C=O) groups is 1. The number of ether oxygens (including phenoxy) is 1. The van der Waals surface area contributed by atoms with Crippen LogP contribution in [0.5, 0.6) is 5.75 Å². The highest BCUT2D eigenvalue weighted by molar-refractivity contribution is 5.96. The van der Waals surface area contributed by atoms with Crippen LogP contribution in [0.15, 0.2) is 36.7 Å². The normalized spacial score (nSPS) is 10.5. The molecule has 0 bridgehead atoms. The van der Waals surface area contributed by atoms with Crippen LogP contribution in [-0.4, -0.2) is 22.2 Å². The van der Waals surface area contributed by atoms with E-state index in [1.54, 1.807) is 10.9 Å². The smallest absolute Gasteiger partial charge is 0.163 e. The zero-order valence-corrected chi connectivity index (χ0v) is 12.0. The van der Waals surface area contributed by atoms with Gasteiger partial charge in [0, 0.05) is 25.2 Å². The summed E-state index contributed by atoms with van der Waals surface area (Å²) in [6.45, 7) is 2.73. The van der Waals surface area contributed by atoms with Crippen molar-refractivity contribution in [3.63, 3.8) is 0 Å². The number of rotatable bonds is 7. The van der Waals surface area contributed by atoms with E-state index in [0.29, 0.717) is 25.0 Å². The highest BCUT2D eigenvalue weighted by atomic mass is 16.5. The summed E-state index contributed by atoms with van der Waals surface area (Å²) >= 11 is 0. The van der Waals surface area contributed by atoms with Crippen molar-refractivity contribution in [1.29, 1.82) is 0 Å². The van der Waals surface area contributed by atoms with E-state index in [1.165, 1.54) is 0 Å². The van der Waals surface area contributed by atoms with Gasteiger partial charge in [-0.1, -0.05) is 19.1 Å². The Kier molecular flexibility index (Phi) is 4.93. The lowest BCUT2D eigenvalue weighted by atomic mass is 10.0. The van der Waals surface area contributed by atoms with Crippen molar-refractivity contribution < 1.29 is 9.53 Å². The van der Waals surface area contributed by atoms with E-state index < -0.39 is 0 Å². The zero-order valence-electron chi connectivity index (χ0n) is 12.0. The molecule has 1 aromatic heterocycles. The Labute approximate surface area is 119 Å². The fraction of sp³-hybridized carbons (Fsp3) is 0.375. The van der Waals surface area contributed by atoms with E-state index in [9.17, 15) is 4.79 Å². The van der Waals surface area contributed by atoms with Gasteiger partial charge in [-0.3, -0.25) is 9.48 Å². The van der Waals surface area contributed by atoms with Crippen LogP contribution in [0.1, 0.15) is 35.7 Å². The summed E-state index contributed by atoms with van der Waals surface area (Å²) < 4.78 is 7.30. The van der Waals surface area contributed by atoms with E-state index in [0.717, 1.165) is 17.7 Å². The fourth-order valence-electron chi connectivity index (χ4n) is 1.98. The number of Topliss-reactive ketones (excluding diaryl/α,β-unsaturated/α-hetero) is 1. The van der Waals surface area contributed by atoms with Gasteiger partial charge in [0.2, 0.25) is 0 Å². The molecule has 20 heavy (non-hydrogen) atoms. The molecule has 106 valence electrons. The molecule has 2 rings (SSSR count). The zero-order chi connectivity index (χ0) is 14.4. The second kappa shape index (κ2) is 6.89. The van der Waals surface area contributed by atoms with Gasteiger partial charge in [0.05, 0.1) is 12.8 Å². The van der Waals surface area contributed by atoms with Crippen LogP contribution in [0.25, 0.3) is 0 Å². The molecule has 0 aliphatic rings. The van der Waals surface area contributed by atoms with Gasteiger partial charge in [-0.15, -0.1) is 0 Å². The number of aryl methyl sites for hydroxylation is 2. The van der Waals surface area contributed by atoms with E-state index >= 15 is 0 Å². The van der Waals surface area contributed by atoms with Gasteiger partial charge in [0.1, 0.15) is 5.75 Å². The molecule has 0 fully saturated rings. The average molecular weight is 272 g/mol. The molecule has 0 amide bonds. The molecule has 4 heteroatoms. The van der Waals surface area contributed by atoms with E-state index in [-0.39, 0.29) is 5.78 Å². The number of ketones is 1. The topological polar surface area (TPSA) is 44.1 Å². The van der Waals surface area contributed by atoms with Crippen LogP contribution < -0.4 is 4.74 Å². The first kappa shape index (κ1) is 14.3. The monoisotopic (exact) mass is 272 g/mol. The van der Waals surface area contributed by atoms with Crippen molar-refractivity contribution >= 4 is 5.78 Å². The minimum Gasteiger partial charge on any atom is -0.494 e. The highest BCUT2D eigenvalue weighted by Gasteiger charge is 2.08. The third-order valence-corrected chi connectivity index (χ3v) is 3.03. The molecular weight excluding hydrogens is 252 g/mol. The minimum absolute atomic E-state index is 0.135. The fourth-order valence-corrected chi connectivity index (χ4v) is 1.98. The molecule has 0 spiro atoms. The van der Waals surface area contributed by atoms with Crippen molar-refractivity contribution in [2.45, 2.75) is 26.2 Å². The third-order valence-electron chi connectivity index (χ3n) is 3.03. The minimum atomic E-state index is 0.135. The Morgan fingerprint density at radius 1 is 1.40 bits per heavy atom. The van der Waals surface area contributed by atoms with E-state index in [4.69, 9.17) is 4.74 Å². The maximum absolute atomic E-state index is 12.2. The Morgan fingerprint density at radius 2 is 2.25 bits per heavy atom. The summed E-state index contributed by atoms with van der Waals surface area (Å²) in [5.41, 5.74) is 1.79. The van der Waals surface area contributed by atoms with Crippen molar-refractivity contribution in [2.75, 3.05) is 6.61 Å². The highest BCUT2D eigenvalue weighted by Crippen LogP contribution is 2.16. The number of hydrogen-bond donors (Lipinski definition) is 0. The molecule has 0 N–H and O–H groups in total. The summed E-state index contributed by atoms with van der Waals surface area (Å²) in [6, 6.07) is 7.40. The lowest BCUT2D eigenvalue weighted by Gasteiger charge is -2.06. The molecule has 2 aromatic rings. The first-order valence-corrected chi connectivity index (χ1v) is 6.92. The summed E-state index contributed by atoms with van der Waals surface area (Å²) in [4.78, 5) is 12.2. The van der Waals surface area contributed by atoms with Crippen LogP contribution in [0.3, 0.4) is 0 Å². The van der Waals surface area contributed by atoms with Crippen LogP contribution in [-0.2, 0) is 13.5 Å². The largest absolute Gasteiger partial charge is 0.494 e. The average Bonchev–Trinajstić information content (AvgIpc) is 2.88. The first-order chi connectivity index (χ1) is 9.69. The molecule has 0 atom stereocenters. The van der Waals surface area contributed by atoms with Crippen LogP contribution in [0.2, 0.25) is 0 Å². The quantitative estimate of drug-likeness (QED) is 0.728. The van der Waals surface area contributed by atoms with Crippen LogP contribution >= 0.6 is 0 Å². The maximum atomic E-state index is 12.2. The predicted octanol–water partition coefficient (Wildman–Crippen LogP) is 3.02. The number of carbonyl (C=O) groups excluding carboxylic acids is 1. The summed E-state index contributed by atoms with van der Waals surface area (Å²) in [5.74, 6) is 0.898. The van der Waals surface area contributed by atoms with E-state index in [1.807, 2.05) is 37.5 Å². The van der Waals surface area contributed by atoms with E-state index in [2.05, 4.69) is 12.0 Å². The molecule has 1 aromatic carbocycles. The van der Waals surface area contributed by atoms with Crippen LogP contribution in [0.4, 0.5) is 0 Å². The van der Waals surface area contributed by atoms with Gasteiger partial charge in [0.25, 0.3) is 0 Å². The Bertz CT molecular complexity index is 575. The molecule has 0 unspecified atom stereocenters. The Morgan fingerprint density at radius 3 is 2.95 bits per heavy atom. The van der Waals surface area contributed by atoms with Gasteiger partial charge in [-0.2, -0.15) is 5.10 Å². The molecule has 0 aliphatic heterocycles. The van der Waals surface area contributed by atoms with Crippen molar-refractivity contribution in [3.05, 3.63) is 47.8 Å². The third kappa shape index (κ3) is 3.95. The predicted molar refractivity (Wildman–Crippen MR) is 78.1 cm³/mol.